The fourth-order valence-corrected chi connectivity index (χ4v) is 4.94. The largest absolute Gasteiger partial charge is 0.350 e. The lowest BCUT2D eigenvalue weighted by Gasteiger charge is -2.13. The molecule has 1 fully saturated rings. The van der Waals surface area contributed by atoms with Crippen LogP contribution in [0, 0.1) is 0 Å². The molecule has 0 aliphatic carbocycles. The van der Waals surface area contributed by atoms with Gasteiger partial charge in [-0.05, 0) is 41.6 Å². The van der Waals surface area contributed by atoms with Crippen LogP contribution < -0.4 is 10.6 Å². The Morgan fingerprint density at radius 3 is 2.74 bits per heavy atom. The molecular formula is C22H19N3O4S2. The number of amides is 4. The molecule has 4 amide bonds. The first-order chi connectivity index (χ1) is 15.0. The maximum atomic E-state index is 12.6. The highest BCUT2D eigenvalue weighted by Crippen LogP contribution is 2.32. The minimum absolute atomic E-state index is 0.0771. The van der Waals surface area contributed by atoms with Gasteiger partial charge in [0.1, 0.15) is 0 Å². The number of rotatable bonds is 5. The van der Waals surface area contributed by atoms with Crippen molar-refractivity contribution >= 4 is 58.2 Å². The molecule has 31 heavy (non-hydrogen) atoms. The van der Waals surface area contributed by atoms with E-state index >= 15 is 0 Å². The van der Waals surface area contributed by atoms with E-state index in [1.54, 1.807) is 30.0 Å². The summed E-state index contributed by atoms with van der Waals surface area (Å²) in [5.74, 6) is -0.0799. The van der Waals surface area contributed by atoms with Crippen molar-refractivity contribution in [2.24, 2.45) is 0 Å². The normalized spacial score (nSPS) is 17.4. The Morgan fingerprint density at radius 1 is 1.13 bits per heavy atom. The number of nitrogens with zero attached hydrogens (tertiary/aromatic N) is 1. The van der Waals surface area contributed by atoms with Crippen molar-refractivity contribution in [1.29, 1.82) is 0 Å². The highest BCUT2D eigenvalue weighted by Gasteiger charge is 2.34. The molecule has 7 nitrogen and oxygen atoms in total. The second-order valence-electron chi connectivity index (χ2n) is 6.86. The first kappa shape index (κ1) is 21.2. The van der Waals surface area contributed by atoms with E-state index in [1.165, 1.54) is 0 Å². The Morgan fingerprint density at radius 2 is 1.94 bits per heavy atom. The van der Waals surface area contributed by atoms with Crippen LogP contribution in [0.3, 0.4) is 0 Å². The Bertz CT molecular complexity index is 1090. The summed E-state index contributed by atoms with van der Waals surface area (Å²) < 4.78 is 0. The van der Waals surface area contributed by atoms with Gasteiger partial charge in [-0.3, -0.25) is 24.1 Å². The highest BCUT2D eigenvalue weighted by atomic mass is 32.2. The van der Waals surface area contributed by atoms with Crippen molar-refractivity contribution < 1.29 is 19.2 Å². The summed E-state index contributed by atoms with van der Waals surface area (Å²) in [4.78, 5) is 51.4. The van der Waals surface area contributed by atoms with Crippen LogP contribution in [-0.2, 0) is 9.59 Å². The standard InChI is InChI=1S/C22H19N3O4S2/c26-19-8-11-30-17-7-6-15(13-16(17)24-19)20(27)23-9-10-25-21(28)18(31-22(25)29)12-14-4-2-1-3-5-14/h1-7,12-13H,8-11H2,(H,23,27)(H,24,26)/b18-12-. The molecule has 2 heterocycles. The lowest BCUT2D eigenvalue weighted by molar-refractivity contribution is -0.122. The summed E-state index contributed by atoms with van der Waals surface area (Å²) in [7, 11) is 0. The zero-order valence-electron chi connectivity index (χ0n) is 16.4. The van der Waals surface area contributed by atoms with Crippen LogP contribution >= 0.6 is 23.5 Å². The van der Waals surface area contributed by atoms with Crippen LogP contribution in [-0.4, -0.2) is 46.7 Å². The number of hydrogen-bond donors (Lipinski definition) is 2. The zero-order valence-corrected chi connectivity index (χ0v) is 18.1. The predicted octanol–water partition coefficient (Wildman–Crippen LogP) is 3.59. The quantitative estimate of drug-likeness (QED) is 0.672. The molecule has 0 atom stereocenters. The summed E-state index contributed by atoms with van der Waals surface area (Å²) in [5.41, 5.74) is 1.87. The molecule has 2 aromatic rings. The van der Waals surface area contributed by atoms with Crippen LogP contribution in [0.2, 0.25) is 0 Å². The molecule has 0 bridgehead atoms. The molecule has 2 aliphatic rings. The van der Waals surface area contributed by atoms with Crippen LogP contribution in [0.25, 0.3) is 6.08 Å². The molecule has 0 radical (unpaired) electrons. The lowest BCUT2D eigenvalue weighted by atomic mass is 10.2. The van der Waals surface area contributed by atoms with Crippen molar-refractivity contribution in [2.75, 3.05) is 24.2 Å². The maximum Gasteiger partial charge on any atom is 0.293 e. The molecule has 9 heteroatoms. The highest BCUT2D eigenvalue weighted by molar-refractivity contribution is 8.18. The first-order valence-corrected chi connectivity index (χ1v) is 11.5. The molecule has 2 N–H and O–H groups in total. The summed E-state index contributed by atoms with van der Waals surface area (Å²) in [6, 6.07) is 14.5. The predicted molar refractivity (Wildman–Crippen MR) is 122 cm³/mol. The first-order valence-electron chi connectivity index (χ1n) is 9.66. The van der Waals surface area contributed by atoms with E-state index in [9.17, 15) is 19.2 Å². The van der Waals surface area contributed by atoms with E-state index in [0.717, 1.165) is 27.1 Å². The van der Waals surface area contributed by atoms with Gasteiger partial charge < -0.3 is 10.6 Å². The Kier molecular flexibility index (Phi) is 6.43. The van der Waals surface area contributed by atoms with Gasteiger partial charge in [0.2, 0.25) is 5.91 Å². The number of imide groups is 1. The van der Waals surface area contributed by atoms with Gasteiger partial charge in [-0.2, -0.15) is 0 Å². The minimum atomic E-state index is -0.363. The minimum Gasteiger partial charge on any atom is -0.350 e. The molecule has 2 aromatic carbocycles. The molecule has 1 saturated heterocycles. The van der Waals surface area contributed by atoms with Crippen LogP contribution in [0.15, 0.2) is 58.3 Å². The summed E-state index contributed by atoms with van der Waals surface area (Å²) in [6.45, 7) is 0.216. The second-order valence-corrected chi connectivity index (χ2v) is 8.99. The third kappa shape index (κ3) is 5.00. The Labute approximate surface area is 187 Å². The number of carbonyl (C=O) groups is 4. The van der Waals surface area contributed by atoms with E-state index < -0.39 is 0 Å². The van der Waals surface area contributed by atoms with Gasteiger partial charge in [-0.15, -0.1) is 11.8 Å². The Hall–Kier alpha value is -3.04. The van der Waals surface area contributed by atoms with E-state index in [1.807, 2.05) is 36.4 Å². The molecule has 0 unspecified atom stereocenters. The van der Waals surface area contributed by atoms with Crippen molar-refractivity contribution in [3.8, 4) is 0 Å². The lowest BCUT2D eigenvalue weighted by Crippen LogP contribution is -2.37. The smallest absolute Gasteiger partial charge is 0.293 e. The van der Waals surface area contributed by atoms with Gasteiger partial charge in [0, 0.05) is 35.7 Å². The molecule has 0 spiro atoms. The second kappa shape index (κ2) is 9.40. The average molecular weight is 454 g/mol. The number of thioether (sulfide) groups is 2. The molecule has 4 rings (SSSR count). The summed E-state index contributed by atoms with van der Waals surface area (Å²) >= 11 is 2.46. The van der Waals surface area contributed by atoms with Crippen LogP contribution in [0.5, 0.6) is 0 Å². The fraction of sp³-hybridized carbons (Fsp3) is 0.182. The summed E-state index contributed by atoms with van der Waals surface area (Å²) in [6.07, 6.45) is 2.11. The van der Waals surface area contributed by atoms with Gasteiger partial charge in [0.15, 0.2) is 0 Å². The molecular weight excluding hydrogens is 434 g/mol. The van der Waals surface area contributed by atoms with Gasteiger partial charge in [-0.1, -0.05) is 30.3 Å². The summed E-state index contributed by atoms with van der Waals surface area (Å²) in [5, 5.41) is 5.19. The van der Waals surface area contributed by atoms with Gasteiger partial charge >= 0.3 is 0 Å². The third-order valence-corrected chi connectivity index (χ3v) is 6.68. The third-order valence-electron chi connectivity index (χ3n) is 4.69. The number of carbonyl (C=O) groups excluding carboxylic acids is 4. The molecule has 2 aliphatic heterocycles. The number of nitrogens with one attached hydrogen (secondary N) is 2. The van der Waals surface area contributed by atoms with Crippen molar-refractivity contribution in [3.63, 3.8) is 0 Å². The average Bonchev–Trinajstić information content (AvgIpc) is 2.91. The fourth-order valence-electron chi connectivity index (χ4n) is 3.14. The molecule has 0 saturated carbocycles. The van der Waals surface area contributed by atoms with Crippen molar-refractivity contribution in [3.05, 3.63) is 64.6 Å². The maximum absolute atomic E-state index is 12.6. The topological polar surface area (TPSA) is 95.6 Å². The number of benzene rings is 2. The van der Waals surface area contributed by atoms with E-state index in [2.05, 4.69) is 10.6 Å². The number of hydrogen-bond acceptors (Lipinski definition) is 6. The monoisotopic (exact) mass is 453 g/mol. The molecule has 0 aromatic heterocycles. The Balaban J connectivity index is 1.35. The SMILES string of the molecule is O=C1CCSc2ccc(C(=O)NCCN3C(=O)S/C(=C\c4ccccc4)C3=O)cc2N1. The van der Waals surface area contributed by atoms with E-state index in [4.69, 9.17) is 0 Å². The van der Waals surface area contributed by atoms with E-state index in [0.29, 0.717) is 28.3 Å². The van der Waals surface area contributed by atoms with Crippen LogP contribution in [0.1, 0.15) is 22.3 Å². The number of fused-ring (bicyclic) bond motifs is 1. The number of anilines is 1. The van der Waals surface area contributed by atoms with Crippen LogP contribution in [0.4, 0.5) is 10.5 Å². The van der Waals surface area contributed by atoms with Gasteiger partial charge in [0.05, 0.1) is 10.6 Å². The zero-order chi connectivity index (χ0) is 21.8. The molecule has 158 valence electrons. The van der Waals surface area contributed by atoms with Crippen molar-refractivity contribution in [1.82, 2.24) is 10.2 Å². The van der Waals surface area contributed by atoms with Crippen molar-refractivity contribution in [2.45, 2.75) is 11.3 Å². The van der Waals surface area contributed by atoms with Gasteiger partial charge in [0.25, 0.3) is 17.1 Å². The van der Waals surface area contributed by atoms with E-state index in [-0.39, 0.29) is 36.1 Å². The van der Waals surface area contributed by atoms with Gasteiger partial charge in [-0.25, -0.2) is 0 Å².